The van der Waals surface area contributed by atoms with Gasteiger partial charge in [0.15, 0.2) is 0 Å². The zero-order valence-corrected chi connectivity index (χ0v) is 8.85. The molecule has 0 saturated carbocycles. The molecule has 0 saturated heterocycles. The third-order valence-corrected chi connectivity index (χ3v) is 2.50. The number of rotatable bonds is 1. The average Bonchev–Trinajstić information content (AvgIpc) is 2.05. The zero-order chi connectivity index (χ0) is 9.14. The van der Waals surface area contributed by atoms with Crippen molar-refractivity contribution in [1.29, 1.82) is 0 Å². The second kappa shape index (κ2) is 3.78. The van der Waals surface area contributed by atoms with E-state index in [2.05, 4.69) is 47.8 Å². The van der Waals surface area contributed by atoms with E-state index in [0.717, 1.165) is 10.0 Å². The van der Waals surface area contributed by atoms with Crippen LogP contribution in [0.5, 0.6) is 0 Å². The lowest BCUT2D eigenvalue weighted by molar-refractivity contribution is 0.866. The molecular weight excluding hydrogens is 212 g/mol. The highest BCUT2D eigenvalue weighted by Gasteiger charge is 2.01. The summed E-state index contributed by atoms with van der Waals surface area (Å²) in [6.45, 7) is 4.31. The summed E-state index contributed by atoms with van der Waals surface area (Å²) in [4.78, 5) is 0. The lowest BCUT2D eigenvalue weighted by Crippen LogP contribution is -1.88. The summed E-state index contributed by atoms with van der Waals surface area (Å²) in [7, 11) is 0. The van der Waals surface area contributed by atoms with Crippen molar-refractivity contribution in [2.24, 2.45) is 0 Å². The number of benzene rings is 1. The summed E-state index contributed by atoms with van der Waals surface area (Å²) in [6.07, 6.45) is 5.34. The summed E-state index contributed by atoms with van der Waals surface area (Å²) >= 11 is 3.40. The van der Waals surface area contributed by atoms with Crippen molar-refractivity contribution in [3.63, 3.8) is 0 Å². The van der Waals surface area contributed by atoms with E-state index in [1.54, 1.807) is 0 Å². The summed E-state index contributed by atoms with van der Waals surface area (Å²) in [5.74, 6) is 3.18. The van der Waals surface area contributed by atoms with Crippen LogP contribution in [0.15, 0.2) is 22.7 Å². The van der Waals surface area contributed by atoms with Crippen LogP contribution in [0.2, 0.25) is 0 Å². The molecule has 0 aliphatic rings. The molecule has 0 bridgehead atoms. The van der Waals surface area contributed by atoms with E-state index in [1.165, 1.54) is 5.56 Å². The van der Waals surface area contributed by atoms with Crippen molar-refractivity contribution in [1.82, 2.24) is 0 Å². The van der Waals surface area contributed by atoms with E-state index in [9.17, 15) is 0 Å². The van der Waals surface area contributed by atoms with Gasteiger partial charge in [-0.1, -0.05) is 25.8 Å². The number of hydrogen-bond donors (Lipinski definition) is 0. The quantitative estimate of drug-likeness (QED) is 0.638. The maximum Gasteiger partial charge on any atom is 0.0387 e. The topological polar surface area (TPSA) is 0 Å². The van der Waals surface area contributed by atoms with Crippen molar-refractivity contribution in [3.8, 4) is 12.3 Å². The Morgan fingerprint density at radius 1 is 1.42 bits per heavy atom. The van der Waals surface area contributed by atoms with Crippen LogP contribution in [-0.2, 0) is 0 Å². The molecule has 12 heavy (non-hydrogen) atoms. The first-order chi connectivity index (χ1) is 5.65. The Balaban J connectivity index is 3.16. The van der Waals surface area contributed by atoms with Crippen LogP contribution in [0.3, 0.4) is 0 Å². The van der Waals surface area contributed by atoms with Crippen molar-refractivity contribution < 1.29 is 0 Å². The molecule has 62 valence electrons. The molecule has 0 nitrogen and oxygen atoms in total. The molecule has 0 aromatic heterocycles. The van der Waals surface area contributed by atoms with Gasteiger partial charge in [0.25, 0.3) is 0 Å². The van der Waals surface area contributed by atoms with Gasteiger partial charge in [0, 0.05) is 10.0 Å². The predicted octanol–water partition coefficient (Wildman–Crippen LogP) is 3.55. The lowest BCUT2D eigenvalue weighted by Gasteiger charge is -2.06. The monoisotopic (exact) mass is 222 g/mol. The van der Waals surface area contributed by atoms with Gasteiger partial charge in [-0.05, 0) is 39.5 Å². The van der Waals surface area contributed by atoms with Gasteiger partial charge in [0.2, 0.25) is 0 Å². The largest absolute Gasteiger partial charge is 0.115 e. The SMILES string of the molecule is C#Cc1cc(C(C)C)ccc1Br. The van der Waals surface area contributed by atoms with Gasteiger partial charge in [0.1, 0.15) is 0 Å². The summed E-state index contributed by atoms with van der Waals surface area (Å²) in [6, 6.07) is 6.15. The van der Waals surface area contributed by atoms with Crippen LogP contribution in [-0.4, -0.2) is 0 Å². The second-order valence-electron chi connectivity index (χ2n) is 3.04. The number of hydrogen-bond acceptors (Lipinski definition) is 0. The molecule has 1 heteroatoms. The minimum Gasteiger partial charge on any atom is -0.115 e. The van der Waals surface area contributed by atoms with Crippen molar-refractivity contribution in [3.05, 3.63) is 33.8 Å². The average molecular weight is 223 g/mol. The third kappa shape index (κ3) is 1.89. The molecule has 0 unspecified atom stereocenters. The van der Waals surface area contributed by atoms with E-state index in [0.29, 0.717) is 5.92 Å². The van der Waals surface area contributed by atoms with Gasteiger partial charge in [-0.25, -0.2) is 0 Å². The summed E-state index contributed by atoms with van der Waals surface area (Å²) in [5.41, 5.74) is 2.22. The van der Waals surface area contributed by atoms with Crippen LogP contribution in [0, 0.1) is 12.3 Å². The molecule has 0 aliphatic heterocycles. The van der Waals surface area contributed by atoms with E-state index in [-0.39, 0.29) is 0 Å². The maximum atomic E-state index is 5.34. The van der Waals surface area contributed by atoms with Gasteiger partial charge < -0.3 is 0 Å². The first-order valence-electron chi connectivity index (χ1n) is 3.91. The fraction of sp³-hybridized carbons (Fsp3) is 0.273. The summed E-state index contributed by atoms with van der Waals surface area (Å²) < 4.78 is 0.995. The Bertz CT molecular complexity index is 318. The highest BCUT2D eigenvalue weighted by atomic mass is 79.9. The molecular formula is C11H11Br. The van der Waals surface area contributed by atoms with Crippen LogP contribution >= 0.6 is 15.9 Å². The second-order valence-corrected chi connectivity index (χ2v) is 3.89. The Labute approximate surface area is 82.1 Å². The van der Waals surface area contributed by atoms with Gasteiger partial charge in [-0.3, -0.25) is 0 Å². The number of terminal acetylenes is 1. The smallest absolute Gasteiger partial charge is 0.0387 e. The van der Waals surface area contributed by atoms with E-state index in [1.807, 2.05) is 6.07 Å². The molecule has 0 heterocycles. The molecule has 0 amide bonds. The molecule has 0 fully saturated rings. The van der Waals surface area contributed by atoms with Crippen LogP contribution < -0.4 is 0 Å². The van der Waals surface area contributed by atoms with Crippen molar-refractivity contribution in [2.45, 2.75) is 19.8 Å². The van der Waals surface area contributed by atoms with Crippen LogP contribution in [0.4, 0.5) is 0 Å². The Morgan fingerprint density at radius 2 is 2.08 bits per heavy atom. The molecule has 0 radical (unpaired) electrons. The minimum absolute atomic E-state index is 0.533. The fourth-order valence-electron chi connectivity index (χ4n) is 1.01. The molecule has 1 rings (SSSR count). The Morgan fingerprint density at radius 3 is 2.58 bits per heavy atom. The zero-order valence-electron chi connectivity index (χ0n) is 7.26. The van der Waals surface area contributed by atoms with E-state index < -0.39 is 0 Å². The summed E-state index contributed by atoms with van der Waals surface area (Å²) in [5, 5.41) is 0. The molecule has 0 aliphatic carbocycles. The molecule has 1 aromatic rings. The Hall–Kier alpha value is -0.740. The third-order valence-electron chi connectivity index (χ3n) is 1.81. The first kappa shape index (κ1) is 9.35. The maximum absolute atomic E-state index is 5.34. The molecule has 0 N–H and O–H groups in total. The molecule has 1 aromatic carbocycles. The van der Waals surface area contributed by atoms with Gasteiger partial charge in [0.05, 0.1) is 0 Å². The first-order valence-corrected chi connectivity index (χ1v) is 4.70. The van der Waals surface area contributed by atoms with Gasteiger partial charge in [-0.2, -0.15) is 0 Å². The fourth-order valence-corrected chi connectivity index (χ4v) is 1.37. The van der Waals surface area contributed by atoms with E-state index >= 15 is 0 Å². The Kier molecular flexibility index (Phi) is 2.94. The van der Waals surface area contributed by atoms with Crippen LogP contribution in [0.25, 0.3) is 0 Å². The van der Waals surface area contributed by atoms with Gasteiger partial charge >= 0.3 is 0 Å². The highest BCUT2D eigenvalue weighted by molar-refractivity contribution is 9.10. The van der Waals surface area contributed by atoms with Crippen molar-refractivity contribution in [2.75, 3.05) is 0 Å². The standard InChI is InChI=1S/C11H11Br/c1-4-9-7-10(8(2)3)5-6-11(9)12/h1,5-8H,2-3H3. The molecule has 0 spiro atoms. The van der Waals surface area contributed by atoms with Gasteiger partial charge in [-0.15, -0.1) is 6.42 Å². The lowest BCUT2D eigenvalue weighted by atomic mass is 10.0. The van der Waals surface area contributed by atoms with Crippen molar-refractivity contribution >= 4 is 15.9 Å². The minimum atomic E-state index is 0.533. The molecule has 0 atom stereocenters. The predicted molar refractivity (Wildman–Crippen MR) is 56.2 cm³/mol. The highest BCUT2D eigenvalue weighted by Crippen LogP contribution is 2.21. The van der Waals surface area contributed by atoms with E-state index in [4.69, 9.17) is 6.42 Å². The normalized spacial score (nSPS) is 9.92. The van der Waals surface area contributed by atoms with Crippen LogP contribution in [0.1, 0.15) is 30.9 Å². The number of halogens is 1.